The third kappa shape index (κ3) is 5.92. The fraction of sp³-hybridized carbons (Fsp3) is 0.350. The Kier molecular flexibility index (Phi) is 8.60. The number of nitrogens with one attached hydrogen (secondary N) is 1. The van der Waals surface area contributed by atoms with E-state index in [4.69, 9.17) is 14.9 Å². The predicted molar refractivity (Wildman–Crippen MR) is 127 cm³/mol. The van der Waals surface area contributed by atoms with Crippen molar-refractivity contribution < 1.29 is 14.7 Å². The Morgan fingerprint density at radius 1 is 1.32 bits per heavy atom. The van der Waals surface area contributed by atoms with Crippen molar-refractivity contribution in [2.75, 3.05) is 7.11 Å². The number of halogens is 1. The first-order chi connectivity index (χ1) is 15.1. The SMILES string of the molecule is C=Nc1ncnc2c1nc(Sc1cc(OC)ccc1I)n2CCCCCCC(=O)NO. The maximum Gasteiger partial charge on any atom is 0.243 e. The van der Waals surface area contributed by atoms with Gasteiger partial charge in [0.1, 0.15) is 12.1 Å². The lowest BCUT2D eigenvalue weighted by atomic mass is 10.1. The second-order valence-corrected chi connectivity index (χ2v) is 8.84. The average Bonchev–Trinajstić information content (AvgIpc) is 3.14. The number of unbranched alkanes of at least 4 members (excludes halogenated alkanes) is 3. The fourth-order valence-electron chi connectivity index (χ4n) is 3.05. The zero-order valence-electron chi connectivity index (χ0n) is 17.0. The monoisotopic (exact) mass is 554 g/mol. The van der Waals surface area contributed by atoms with Crippen LogP contribution in [-0.2, 0) is 11.3 Å². The molecule has 2 aromatic heterocycles. The number of hydrogen-bond donors (Lipinski definition) is 2. The van der Waals surface area contributed by atoms with E-state index < -0.39 is 0 Å². The molecule has 2 N–H and O–H groups in total. The average molecular weight is 554 g/mol. The third-order valence-corrected chi connectivity index (χ3v) is 6.99. The minimum atomic E-state index is -0.353. The van der Waals surface area contributed by atoms with Crippen molar-refractivity contribution in [3.63, 3.8) is 0 Å². The Morgan fingerprint density at radius 3 is 2.87 bits per heavy atom. The van der Waals surface area contributed by atoms with Gasteiger partial charge in [0.15, 0.2) is 22.1 Å². The zero-order valence-corrected chi connectivity index (χ0v) is 20.0. The molecule has 0 aliphatic carbocycles. The molecule has 1 amide bonds. The minimum Gasteiger partial charge on any atom is -0.497 e. The van der Waals surface area contributed by atoms with Gasteiger partial charge >= 0.3 is 0 Å². The first-order valence-electron chi connectivity index (χ1n) is 9.69. The smallest absolute Gasteiger partial charge is 0.243 e. The summed E-state index contributed by atoms with van der Waals surface area (Å²) in [6, 6.07) is 5.92. The Morgan fingerprint density at radius 2 is 2.13 bits per heavy atom. The fourth-order valence-corrected chi connectivity index (χ4v) is 4.68. The van der Waals surface area contributed by atoms with Gasteiger partial charge in [0.2, 0.25) is 5.91 Å². The van der Waals surface area contributed by atoms with E-state index in [1.807, 2.05) is 18.2 Å². The minimum absolute atomic E-state index is 0.321. The number of benzene rings is 1. The Hall–Kier alpha value is -2.25. The molecule has 9 nitrogen and oxygen atoms in total. The molecule has 31 heavy (non-hydrogen) atoms. The van der Waals surface area contributed by atoms with E-state index in [0.29, 0.717) is 17.8 Å². The van der Waals surface area contributed by atoms with E-state index in [2.05, 4.69) is 48.8 Å². The summed E-state index contributed by atoms with van der Waals surface area (Å²) in [5, 5.41) is 9.36. The number of amides is 1. The molecule has 3 rings (SSSR count). The summed E-state index contributed by atoms with van der Waals surface area (Å²) in [7, 11) is 1.65. The van der Waals surface area contributed by atoms with Gasteiger partial charge in [0.25, 0.3) is 0 Å². The van der Waals surface area contributed by atoms with E-state index >= 15 is 0 Å². The molecule has 0 unspecified atom stereocenters. The lowest BCUT2D eigenvalue weighted by Gasteiger charge is -2.10. The summed E-state index contributed by atoms with van der Waals surface area (Å²) >= 11 is 3.84. The number of hydrogen-bond acceptors (Lipinski definition) is 8. The molecule has 0 saturated heterocycles. The van der Waals surface area contributed by atoms with Gasteiger partial charge in [0, 0.05) is 21.4 Å². The van der Waals surface area contributed by atoms with E-state index in [-0.39, 0.29) is 5.91 Å². The van der Waals surface area contributed by atoms with Crippen molar-refractivity contribution in [3.8, 4) is 5.75 Å². The maximum absolute atomic E-state index is 11.1. The molecule has 164 valence electrons. The van der Waals surface area contributed by atoms with Gasteiger partial charge in [0.05, 0.1) is 7.11 Å². The van der Waals surface area contributed by atoms with Gasteiger partial charge in [-0.3, -0.25) is 10.0 Å². The van der Waals surface area contributed by atoms with E-state index in [1.54, 1.807) is 24.4 Å². The molecular formula is C20H23IN6O3S. The number of aromatic nitrogens is 4. The van der Waals surface area contributed by atoms with Crippen LogP contribution in [0.2, 0.25) is 0 Å². The van der Waals surface area contributed by atoms with Crippen molar-refractivity contribution in [1.82, 2.24) is 25.0 Å². The molecule has 1 aromatic carbocycles. The van der Waals surface area contributed by atoms with Crippen LogP contribution in [0.1, 0.15) is 32.1 Å². The zero-order chi connectivity index (χ0) is 22.2. The maximum atomic E-state index is 11.1. The van der Waals surface area contributed by atoms with E-state index in [9.17, 15) is 4.79 Å². The van der Waals surface area contributed by atoms with Crippen LogP contribution in [0.25, 0.3) is 11.2 Å². The van der Waals surface area contributed by atoms with Crippen LogP contribution in [-0.4, -0.2) is 44.5 Å². The molecular weight excluding hydrogens is 531 g/mol. The summed E-state index contributed by atoms with van der Waals surface area (Å²) in [6.07, 6.45) is 5.26. The molecule has 2 heterocycles. The lowest BCUT2D eigenvalue weighted by Crippen LogP contribution is -2.17. The van der Waals surface area contributed by atoms with Crippen LogP contribution in [0.5, 0.6) is 5.75 Å². The highest BCUT2D eigenvalue weighted by molar-refractivity contribution is 14.1. The van der Waals surface area contributed by atoms with Crippen LogP contribution in [0.15, 0.2) is 39.6 Å². The highest BCUT2D eigenvalue weighted by atomic mass is 127. The van der Waals surface area contributed by atoms with Crippen molar-refractivity contribution in [1.29, 1.82) is 0 Å². The van der Waals surface area contributed by atoms with Gasteiger partial charge in [-0.1, -0.05) is 24.6 Å². The Bertz CT molecular complexity index is 1070. The van der Waals surface area contributed by atoms with Crippen LogP contribution in [0, 0.1) is 3.57 Å². The standard InChI is InChI=1S/C20H23IN6O3S/c1-22-18-17-19(24-12-23-18)27(10-6-4-3-5-7-16(28)26-29)20(25-17)31-15-11-13(30-2)8-9-14(15)21/h8-9,11-12,29H,1,3-7,10H2,2H3,(H,26,28). The molecule has 0 atom stereocenters. The molecule has 0 fully saturated rings. The van der Waals surface area contributed by atoms with Crippen LogP contribution < -0.4 is 10.2 Å². The number of nitrogens with zero attached hydrogens (tertiary/aromatic N) is 5. The van der Waals surface area contributed by atoms with E-state index in [0.717, 1.165) is 57.2 Å². The van der Waals surface area contributed by atoms with Gasteiger partial charge in [-0.05, 0) is 60.3 Å². The number of rotatable bonds is 11. The number of hydroxylamine groups is 1. The molecule has 0 radical (unpaired) electrons. The lowest BCUT2D eigenvalue weighted by molar-refractivity contribution is -0.129. The van der Waals surface area contributed by atoms with Gasteiger partial charge in [-0.25, -0.2) is 25.4 Å². The molecule has 0 spiro atoms. The first-order valence-corrected chi connectivity index (χ1v) is 11.6. The van der Waals surface area contributed by atoms with Gasteiger partial charge < -0.3 is 9.30 Å². The van der Waals surface area contributed by atoms with Gasteiger partial charge in [-0.2, -0.15) is 0 Å². The van der Waals surface area contributed by atoms with Crippen LogP contribution in [0.3, 0.4) is 0 Å². The molecule has 3 aromatic rings. The molecule has 0 aliphatic heterocycles. The third-order valence-electron chi connectivity index (χ3n) is 4.63. The normalized spacial score (nSPS) is 10.9. The summed E-state index contributed by atoms with van der Waals surface area (Å²) in [4.78, 5) is 29.5. The summed E-state index contributed by atoms with van der Waals surface area (Å²) in [5.74, 6) is 0.889. The van der Waals surface area contributed by atoms with Crippen molar-refractivity contribution in [2.45, 2.75) is 48.7 Å². The molecule has 0 bridgehead atoms. The summed E-state index contributed by atoms with van der Waals surface area (Å²) in [6.45, 7) is 4.31. The molecule has 0 aliphatic rings. The van der Waals surface area contributed by atoms with Crippen LogP contribution >= 0.6 is 34.4 Å². The first kappa shape index (κ1) is 23.4. The number of carbonyl (C=O) groups is 1. The number of ether oxygens (including phenoxy) is 1. The second kappa shape index (κ2) is 11.4. The number of aryl methyl sites for hydroxylation is 1. The summed E-state index contributed by atoms with van der Waals surface area (Å²) < 4.78 is 8.54. The van der Waals surface area contributed by atoms with Crippen molar-refractivity contribution >= 4 is 64.0 Å². The quantitative estimate of drug-likeness (QED) is 0.119. The van der Waals surface area contributed by atoms with Crippen molar-refractivity contribution in [2.24, 2.45) is 4.99 Å². The van der Waals surface area contributed by atoms with Crippen molar-refractivity contribution in [3.05, 3.63) is 28.1 Å². The molecule has 11 heteroatoms. The predicted octanol–water partition coefficient (Wildman–Crippen LogP) is 4.38. The Labute approximate surface area is 197 Å². The largest absolute Gasteiger partial charge is 0.497 e. The highest BCUT2D eigenvalue weighted by Gasteiger charge is 2.17. The van der Waals surface area contributed by atoms with Crippen LogP contribution in [0.4, 0.5) is 5.82 Å². The number of methoxy groups -OCH3 is 1. The van der Waals surface area contributed by atoms with E-state index in [1.165, 1.54) is 6.33 Å². The topological polar surface area (TPSA) is 115 Å². The number of aliphatic imine (C=N–C) groups is 1. The summed E-state index contributed by atoms with van der Waals surface area (Å²) in [5.41, 5.74) is 3.00. The molecule has 0 saturated carbocycles. The van der Waals surface area contributed by atoms with Gasteiger partial charge in [-0.15, -0.1) is 0 Å². The number of carbonyl (C=O) groups excluding carboxylic acids is 1. The second-order valence-electron chi connectivity index (χ2n) is 6.67. The number of imidazole rings is 1. The number of fused-ring (bicyclic) bond motifs is 1. The Balaban J connectivity index is 1.81. The highest BCUT2D eigenvalue weighted by Crippen LogP contribution is 2.36.